The largest absolute Gasteiger partial charge is 0.465 e. The molecule has 1 rings (SSSR count). The highest BCUT2D eigenvalue weighted by atomic mass is 19.3. The molecule has 0 aliphatic heterocycles. The lowest BCUT2D eigenvalue weighted by atomic mass is 10.1. The van der Waals surface area contributed by atoms with Crippen LogP contribution in [-0.4, -0.2) is 23.0 Å². The Hall–Kier alpha value is -2.12. The molecule has 17 heavy (non-hydrogen) atoms. The number of carbonyl (C=O) groups excluding carboxylic acids is 1. The van der Waals surface area contributed by atoms with Crippen LogP contribution in [0, 0.1) is 17.0 Å². The Kier molecular flexibility index (Phi) is 3.66. The van der Waals surface area contributed by atoms with Gasteiger partial charge in [0.2, 0.25) is 5.69 Å². The lowest BCUT2D eigenvalue weighted by molar-refractivity contribution is -0.390. The van der Waals surface area contributed by atoms with Crippen LogP contribution in [0.3, 0.4) is 0 Å². The SMILES string of the molecule is COC(=O)c1cc(C)c(C(F)F)nc1[N+](=O)[O-]. The molecule has 8 heteroatoms. The number of halogens is 2. The van der Waals surface area contributed by atoms with Gasteiger partial charge in [0.25, 0.3) is 0 Å². The maximum absolute atomic E-state index is 12.5. The van der Waals surface area contributed by atoms with Gasteiger partial charge in [-0.15, -0.1) is 0 Å². The molecular formula is C9H8F2N2O4. The smallest absolute Gasteiger partial charge is 0.378 e. The van der Waals surface area contributed by atoms with E-state index in [0.29, 0.717) is 0 Å². The van der Waals surface area contributed by atoms with Crippen LogP contribution in [0.4, 0.5) is 14.6 Å². The predicted molar refractivity (Wildman–Crippen MR) is 51.9 cm³/mol. The summed E-state index contributed by atoms with van der Waals surface area (Å²) >= 11 is 0. The molecule has 0 bridgehead atoms. The maximum atomic E-state index is 12.5. The van der Waals surface area contributed by atoms with Gasteiger partial charge in [0.1, 0.15) is 0 Å². The van der Waals surface area contributed by atoms with Gasteiger partial charge in [-0.05, 0) is 22.9 Å². The van der Waals surface area contributed by atoms with Crippen molar-refractivity contribution in [1.29, 1.82) is 0 Å². The topological polar surface area (TPSA) is 82.3 Å². The average Bonchev–Trinajstić information content (AvgIpc) is 2.26. The summed E-state index contributed by atoms with van der Waals surface area (Å²) in [5.74, 6) is -1.93. The molecule has 1 heterocycles. The minimum Gasteiger partial charge on any atom is -0.465 e. The fraction of sp³-hybridized carbons (Fsp3) is 0.333. The van der Waals surface area contributed by atoms with Gasteiger partial charge in [0.05, 0.1) is 7.11 Å². The van der Waals surface area contributed by atoms with Crippen LogP contribution >= 0.6 is 0 Å². The molecule has 1 aromatic rings. The average molecular weight is 246 g/mol. The second-order valence-electron chi connectivity index (χ2n) is 3.11. The summed E-state index contributed by atoms with van der Waals surface area (Å²) in [6.07, 6.45) is -2.94. The van der Waals surface area contributed by atoms with Gasteiger partial charge in [-0.3, -0.25) is 0 Å². The number of pyridine rings is 1. The lowest BCUT2D eigenvalue weighted by Crippen LogP contribution is -2.10. The third-order valence-electron chi connectivity index (χ3n) is 2.02. The van der Waals surface area contributed by atoms with Crippen LogP contribution < -0.4 is 0 Å². The Bertz CT molecular complexity index is 476. The molecule has 0 N–H and O–H groups in total. The molecule has 6 nitrogen and oxygen atoms in total. The van der Waals surface area contributed by atoms with Crippen molar-refractivity contribution in [2.24, 2.45) is 0 Å². The monoisotopic (exact) mass is 246 g/mol. The quantitative estimate of drug-likeness (QED) is 0.463. The van der Waals surface area contributed by atoms with Crippen LogP contribution in [-0.2, 0) is 4.74 Å². The Balaban J connectivity index is 3.46. The number of alkyl halides is 2. The summed E-state index contributed by atoms with van der Waals surface area (Å²) in [4.78, 5) is 24.0. The number of aryl methyl sites for hydroxylation is 1. The molecule has 0 aliphatic rings. The lowest BCUT2D eigenvalue weighted by Gasteiger charge is -2.04. The molecule has 0 amide bonds. The van der Waals surface area contributed by atoms with E-state index in [9.17, 15) is 23.7 Å². The number of esters is 1. The van der Waals surface area contributed by atoms with Crippen molar-refractivity contribution >= 4 is 11.8 Å². The highest BCUT2D eigenvalue weighted by Crippen LogP contribution is 2.26. The summed E-state index contributed by atoms with van der Waals surface area (Å²) < 4.78 is 29.3. The normalized spacial score (nSPS) is 10.4. The Morgan fingerprint density at radius 2 is 2.18 bits per heavy atom. The molecule has 0 fully saturated rings. The standard InChI is InChI=1S/C9H8F2N2O4/c1-4-3-5(9(14)17-2)8(13(15)16)12-6(4)7(10)11/h3,7H,1-2H3. The van der Waals surface area contributed by atoms with Gasteiger partial charge >= 0.3 is 18.2 Å². The molecule has 0 aromatic carbocycles. The number of methoxy groups -OCH3 is 1. The van der Waals surface area contributed by atoms with Gasteiger partial charge in [-0.25, -0.2) is 13.6 Å². The molecular weight excluding hydrogens is 238 g/mol. The summed E-state index contributed by atoms with van der Waals surface area (Å²) in [6, 6.07) is 0.971. The molecule has 0 atom stereocenters. The number of nitrogens with zero attached hydrogens (tertiary/aromatic N) is 2. The number of hydrogen-bond donors (Lipinski definition) is 0. The van der Waals surface area contributed by atoms with Crippen molar-refractivity contribution in [3.63, 3.8) is 0 Å². The Morgan fingerprint density at radius 3 is 2.59 bits per heavy atom. The molecule has 0 aliphatic carbocycles. The molecule has 0 unspecified atom stereocenters. The van der Waals surface area contributed by atoms with Crippen LogP contribution in [0.25, 0.3) is 0 Å². The van der Waals surface area contributed by atoms with E-state index in [1.165, 1.54) is 6.92 Å². The zero-order chi connectivity index (χ0) is 13.2. The molecule has 92 valence electrons. The number of hydrogen-bond acceptors (Lipinski definition) is 5. The first-order chi connectivity index (χ1) is 7.88. The minimum absolute atomic E-state index is 0.00833. The zero-order valence-corrected chi connectivity index (χ0v) is 8.94. The van der Waals surface area contributed by atoms with E-state index in [-0.39, 0.29) is 5.56 Å². The first-order valence-electron chi connectivity index (χ1n) is 4.40. The van der Waals surface area contributed by atoms with Gasteiger partial charge in [-0.2, -0.15) is 0 Å². The van der Waals surface area contributed by atoms with E-state index in [1.54, 1.807) is 0 Å². The van der Waals surface area contributed by atoms with Crippen LogP contribution in [0.1, 0.15) is 28.0 Å². The van der Waals surface area contributed by atoms with Crippen molar-refractivity contribution in [3.05, 3.63) is 33.0 Å². The van der Waals surface area contributed by atoms with Gasteiger partial charge in [0.15, 0.2) is 5.56 Å². The van der Waals surface area contributed by atoms with E-state index in [2.05, 4.69) is 9.72 Å². The molecule has 0 saturated carbocycles. The van der Waals surface area contributed by atoms with Crippen molar-refractivity contribution in [1.82, 2.24) is 4.98 Å². The number of carbonyl (C=O) groups is 1. The van der Waals surface area contributed by atoms with Gasteiger partial charge in [-0.1, -0.05) is 0 Å². The minimum atomic E-state index is -2.94. The van der Waals surface area contributed by atoms with Crippen LogP contribution in [0.2, 0.25) is 0 Å². The summed E-state index contributed by atoms with van der Waals surface area (Å²) in [5, 5.41) is 10.6. The third kappa shape index (κ3) is 2.52. The van der Waals surface area contributed by atoms with Crippen LogP contribution in [0.15, 0.2) is 6.07 Å². The highest BCUT2D eigenvalue weighted by molar-refractivity contribution is 5.93. The first kappa shape index (κ1) is 12.9. The van der Waals surface area contributed by atoms with E-state index in [1.807, 2.05) is 0 Å². The summed E-state index contributed by atoms with van der Waals surface area (Å²) in [7, 11) is 1.03. The second kappa shape index (κ2) is 4.81. The van der Waals surface area contributed by atoms with Gasteiger partial charge < -0.3 is 14.9 Å². The van der Waals surface area contributed by atoms with Gasteiger partial charge in [0, 0.05) is 5.56 Å². The fourth-order valence-electron chi connectivity index (χ4n) is 1.24. The van der Waals surface area contributed by atoms with E-state index in [4.69, 9.17) is 0 Å². The first-order valence-corrected chi connectivity index (χ1v) is 4.40. The van der Waals surface area contributed by atoms with Crippen LogP contribution in [0.5, 0.6) is 0 Å². The third-order valence-corrected chi connectivity index (χ3v) is 2.02. The molecule has 0 saturated heterocycles. The molecule has 0 radical (unpaired) electrons. The Labute approximate surface area is 94.4 Å². The van der Waals surface area contributed by atoms with Crippen molar-refractivity contribution < 1.29 is 23.2 Å². The second-order valence-corrected chi connectivity index (χ2v) is 3.11. The predicted octanol–water partition coefficient (Wildman–Crippen LogP) is 2.02. The fourth-order valence-corrected chi connectivity index (χ4v) is 1.24. The van der Waals surface area contributed by atoms with Crippen molar-refractivity contribution in [3.8, 4) is 0 Å². The number of nitro groups is 1. The molecule has 1 aromatic heterocycles. The zero-order valence-electron chi connectivity index (χ0n) is 8.94. The summed E-state index contributed by atoms with van der Waals surface area (Å²) in [5.41, 5.74) is -1.17. The van der Waals surface area contributed by atoms with Crippen molar-refractivity contribution in [2.45, 2.75) is 13.3 Å². The van der Waals surface area contributed by atoms with Crippen molar-refractivity contribution in [2.75, 3.05) is 7.11 Å². The van der Waals surface area contributed by atoms with E-state index < -0.39 is 34.4 Å². The Morgan fingerprint density at radius 1 is 1.59 bits per heavy atom. The number of aromatic nitrogens is 1. The molecule has 0 spiro atoms. The number of ether oxygens (including phenoxy) is 1. The highest BCUT2D eigenvalue weighted by Gasteiger charge is 2.29. The van der Waals surface area contributed by atoms with E-state index in [0.717, 1.165) is 13.2 Å². The maximum Gasteiger partial charge on any atom is 0.378 e. The number of rotatable bonds is 3. The van der Waals surface area contributed by atoms with E-state index >= 15 is 0 Å². The summed E-state index contributed by atoms with van der Waals surface area (Å²) in [6.45, 7) is 1.28.